The molecule has 0 bridgehead atoms. The first-order valence-electron chi connectivity index (χ1n) is 6.60. The smallest absolute Gasteiger partial charge is 0.352 e. The van der Waals surface area contributed by atoms with Gasteiger partial charge in [0.1, 0.15) is 10.6 Å². The highest BCUT2D eigenvalue weighted by atomic mass is 32.2. The molecule has 0 aliphatic heterocycles. The van der Waals surface area contributed by atoms with E-state index in [0.29, 0.717) is 0 Å². The molecule has 1 aromatic rings. The third-order valence-corrected chi connectivity index (χ3v) is 4.72. The molecule has 3 N–H and O–H groups in total. The number of nitrogens with zero attached hydrogens (tertiary/aromatic N) is 1. The second-order valence-corrected chi connectivity index (χ2v) is 7.51. The van der Waals surface area contributed by atoms with Crippen LogP contribution in [0.15, 0.2) is 17.2 Å². The van der Waals surface area contributed by atoms with Gasteiger partial charge in [0.15, 0.2) is 0 Å². The second-order valence-electron chi connectivity index (χ2n) is 5.83. The molecule has 0 aromatic carbocycles. The van der Waals surface area contributed by atoms with E-state index in [0.717, 1.165) is 6.07 Å². The maximum atomic E-state index is 12.3. The van der Waals surface area contributed by atoms with E-state index in [1.165, 1.54) is 10.8 Å². The van der Waals surface area contributed by atoms with E-state index < -0.39 is 21.5 Å². The Balaban J connectivity index is 3.21. The van der Waals surface area contributed by atoms with Crippen molar-refractivity contribution in [1.29, 1.82) is 0 Å². The van der Waals surface area contributed by atoms with Gasteiger partial charge >= 0.3 is 5.97 Å². The third-order valence-electron chi connectivity index (χ3n) is 3.06. The normalized spacial score (nSPS) is 12.9. The van der Waals surface area contributed by atoms with Crippen molar-refractivity contribution in [2.75, 3.05) is 6.61 Å². The fourth-order valence-corrected chi connectivity index (χ4v) is 3.42. The maximum absolute atomic E-state index is 12.3. The summed E-state index contributed by atoms with van der Waals surface area (Å²) in [6.45, 7) is 6.69. The molecule has 0 fully saturated rings. The van der Waals surface area contributed by atoms with Gasteiger partial charge in [-0.25, -0.2) is 17.9 Å². The number of nitrogens with one attached hydrogen (secondary N) is 1. The lowest BCUT2D eigenvalue weighted by atomic mass is 10.0. The highest BCUT2D eigenvalue weighted by molar-refractivity contribution is 7.89. The zero-order valence-corrected chi connectivity index (χ0v) is 13.4. The van der Waals surface area contributed by atoms with Gasteiger partial charge < -0.3 is 14.8 Å². The van der Waals surface area contributed by atoms with Crippen LogP contribution in [0.25, 0.3) is 0 Å². The standard InChI is InChI=1S/C13H22N2O5S/c1-9(2)15-8-10(7-11(15)12(17)18)21(19,20)14-13(3,4)5-6-16/h7-9,14,16H,5-6H2,1-4H3,(H,17,18). The Labute approximate surface area is 124 Å². The van der Waals surface area contributed by atoms with Crippen LogP contribution in [0.5, 0.6) is 0 Å². The molecule has 1 aromatic heterocycles. The van der Waals surface area contributed by atoms with Crippen molar-refractivity contribution < 1.29 is 23.4 Å². The summed E-state index contributed by atoms with van der Waals surface area (Å²) in [6.07, 6.45) is 1.56. The highest BCUT2D eigenvalue weighted by Gasteiger charge is 2.28. The average Bonchev–Trinajstić information content (AvgIpc) is 2.72. The van der Waals surface area contributed by atoms with E-state index >= 15 is 0 Å². The molecule has 21 heavy (non-hydrogen) atoms. The molecule has 1 heterocycles. The van der Waals surface area contributed by atoms with Gasteiger partial charge in [0.25, 0.3) is 0 Å². The van der Waals surface area contributed by atoms with Crippen LogP contribution in [0, 0.1) is 0 Å². The lowest BCUT2D eigenvalue weighted by Gasteiger charge is -2.24. The largest absolute Gasteiger partial charge is 0.477 e. The minimum Gasteiger partial charge on any atom is -0.477 e. The zero-order chi connectivity index (χ0) is 16.4. The number of carboxylic acid groups (broad SMARTS) is 1. The van der Waals surface area contributed by atoms with E-state index in [1.807, 2.05) is 0 Å². The van der Waals surface area contributed by atoms with E-state index in [4.69, 9.17) is 10.2 Å². The number of hydrogen-bond donors (Lipinski definition) is 3. The topological polar surface area (TPSA) is 109 Å². The first-order valence-corrected chi connectivity index (χ1v) is 8.08. The third kappa shape index (κ3) is 4.29. The number of carbonyl (C=O) groups is 1. The number of aromatic carboxylic acids is 1. The molecular formula is C13H22N2O5S. The van der Waals surface area contributed by atoms with Crippen LogP contribution in [0.3, 0.4) is 0 Å². The molecule has 0 atom stereocenters. The van der Waals surface area contributed by atoms with E-state index in [2.05, 4.69) is 4.72 Å². The van der Waals surface area contributed by atoms with Crippen molar-refractivity contribution in [3.05, 3.63) is 18.0 Å². The van der Waals surface area contributed by atoms with E-state index in [9.17, 15) is 13.2 Å². The molecule has 0 radical (unpaired) electrons. The zero-order valence-electron chi connectivity index (χ0n) is 12.6. The van der Waals surface area contributed by atoms with Gasteiger partial charge in [0, 0.05) is 24.4 Å². The first kappa shape index (κ1) is 17.7. The summed E-state index contributed by atoms with van der Waals surface area (Å²) in [5.41, 5.74) is -0.901. The molecule has 7 nitrogen and oxygen atoms in total. The van der Waals surface area contributed by atoms with Crippen molar-refractivity contribution in [2.45, 2.75) is 50.6 Å². The summed E-state index contributed by atoms with van der Waals surface area (Å²) in [4.78, 5) is 11.1. The van der Waals surface area contributed by atoms with Crippen molar-refractivity contribution in [1.82, 2.24) is 9.29 Å². The van der Waals surface area contributed by atoms with Crippen molar-refractivity contribution >= 4 is 16.0 Å². The summed E-state index contributed by atoms with van der Waals surface area (Å²) in [7, 11) is -3.85. The van der Waals surface area contributed by atoms with Gasteiger partial charge in [0.2, 0.25) is 10.0 Å². The molecule has 1 rings (SSSR count). The molecule has 120 valence electrons. The first-order chi connectivity index (χ1) is 9.50. The molecular weight excluding hydrogens is 296 g/mol. The number of aliphatic hydroxyl groups excluding tert-OH is 1. The predicted octanol–water partition coefficient (Wildman–Crippen LogP) is 1.21. The van der Waals surface area contributed by atoms with Crippen LogP contribution in [0.1, 0.15) is 50.6 Å². The monoisotopic (exact) mass is 318 g/mol. The second kappa shape index (κ2) is 6.17. The lowest BCUT2D eigenvalue weighted by Crippen LogP contribution is -2.43. The van der Waals surface area contributed by atoms with E-state index in [-0.39, 0.29) is 29.7 Å². The fourth-order valence-electron chi connectivity index (χ4n) is 1.95. The molecule has 0 saturated heterocycles. The van der Waals surface area contributed by atoms with Crippen molar-refractivity contribution in [2.24, 2.45) is 0 Å². The van der Waals surface area contributed by atoms with Gasteiger partial charge in [-0.1, -0.05) is 0 Å². The van der Waals surface area contributed by atoms with E-state index in [1.54, 1.807) is 27.7 Å². The van der Waals surface area contributed by atoms with Crippen LogP contribution >= 0.6 is 0 Å². The molecule has 0 aliphatic carbocycles. The molecule has 0 unspecified atom stereocenters. The van der Waals surface area contributed by atoms with Crippen LogP contribution in [0.4, 0.5) is 0 Å². The Morgan fingerprint density at radius 2 is 2.00 bits per heavy atom. The maximum Gasteiger partial charge on any atom is 0.352 e. The molecule has 0 spiro atoms. The Morgan fingerprint density at radius 3 is 2.38 bits per heavy atom. The van der Waals surface area contributed by atoms with Gasteiger partial charge in [-0.05, 0) is 40.2 Å². The fraction of sp³-hybridized carbons (Fsp3) is 0.615. The van der Waals surface area contributed by atoms with Crippen LogP contribution in [-0.4, -0.2) is 41.3 Å². The Bertz CT molecular complexity index is 617. The van der Waals surface area contributed by atoms with Crippen molar-refractivity contribution in [3.63, 3.8) is 0 Å². The summed E-state index contributed by atoms with van der Waals surface area (Å²) >= 11 is 0. The Kier molecular flexibility index (Phi) is 5.19. The number of sulfonamides is 1. The van der Waals surface area contributed by atoms with Crippen molar-refractivity contribution in [3.8, 4) is 0 Å². The summed E-state index contributed by atoms with van der Waals surface area (Å²) < 4.78 is 28.5. The predicted molar refractivity (Wildman–Crippen MR) is 77.9 cm³/mol. The molecule has 8 heteroatoms. The number of hydrogen-bond acceptors (Lipinski definition) is 4. The summed E-state index contributed by atoms with van der Waals surface area (Å²) in [5, 5.41) is 18.1. The van der Waals surface area contributed by atoms with Gasteiger partial charge in [-0.15, -0.1) is 0 Å². The number of rotatable bonds is 7. The number of carboxylic acids is 1. The SMILES string of the molecule is CC(C)n1cc(S(=O)(=O)NC(C)(C)CCO)cc1C(=O)O. The van der Waals surface area contributed by atoms with Crippen LogP contribution in [0.2, 0.25) is 0 Å². The van der Waals surface area contributed by atoms with Crippen LogP contribution < -0.4 is 4.72 Å². The Hall–Kier alpha value is -1.38. The quantitative estimate of drug-likeness (QED) is 0.700. The highest BCUT2D eigenvalue weighted by Crippen LogP contribution is 2.21. The molecule has 0 aliphatic rings. The average molecular weight is 318 g/mol. The molecule has 0 amide bonds. The minimum absolute atomic E-state index is 0.0784. The van der Waals surface area contributed by atoms with Crippen LogP contribution in [-0.2, 0) is 10.0 Å². The van der Waals surface area contributed by atoms with Gasteiger partial charge in [-0.2, -0.15) is 0 Å². The summed E-state index contributed by atoms with van der Waals surface area (Å²) in [6, 6.07) is 0.963. The lowest BCUT2D eigenvalue weighted by molar-refractivity contribution is 0.0683. The number of aromatic nitrogens is 1. The molecule has 0 saturated carbocycles. The minimum atomic E-state index is -3.85. The Morgan fingerprint density at radius 1 is 1.43 bits per heavy atom. The number of aliphatic hydroxyl groups is 1. The van der Waals surface area contributed by atoms with Gasteiger partial charge in [-0.3, -0.25) is 0 Å². The van der Waals surface area contributed by atoms with Gasteiger partial charge in [0.05, 0.1) is 0 Å². The summed E-state index contributed by atoms with van der Waals surface area (Å²) in [5.74, 6) is -1.18.